The first kappa shape index (κ1) is 15.1. The summed E-state index contributed by atoms with van der Waals surface area (Å²) in [6.07, 6.45) is 0. The van der Waals surface area contributed by atoms with Crippen LogP contribution in [-0.2, 0) is 9.59 Å². The molecule has 0 N–H and O–H groups in total. The second-order valence-electron chi connectivity index (χ2n) is 6.36. The molecule has 0 aliphatic rings. The standard InChI is InChI=1S/C14H24O2/c1-9(15)11(10(2)16)12(13(3,4)5)14(6,7)8/h1-8H3. The Labute approximate surface area is 99.1 Å². The van der Waals surface area contributed by atoms with Crippen molar-refractivity contribution in [3.8, 4) is 0 Å². The second-order valence-corrected chi connectivity index (χ2v) is 6.36. The van der Waals surface area contributed by atoms with Gasteiger partial charge >= 0.3 is 0 Å². The summed E-state index contributed by atoms with van der Waals surface area (Å²) in [5.41, 5.74) is 0.968. The summed E-state index contributed by atoms with van der Waals surface area (Å²) in [5.74, 6) is -0.264. The maximum Gasteiger partial charge on any atom is 0.163 e. The number of carbonyl (C=O) groups is 2. The van der Waals surface area contributed by atoms with Gasteiger partial charge in [0.05, 0.1) is 5.57 Å². The third kappa shape index (κ3) is 3.58. The molecule has 2 nitrogen and oxygen atoms in total. The molecule has 0 spiro atoms. The lowest BCUT2D eigenvalue weighted by Crippen LogP contribution is -2.28. The number of carbonyl (C=O) groups excluding carboxylic acids is 2. The molecule has 0 aliphatic heterocycles. The molecule has 0 unspecified atom stereocenters. The monoisotopic (exact) mass is 224 g/mol. The lowest BCUT2D eigenvalue weighted by molar-refractivity contribution is -0.119. The van der Waals surface area contributed by atoms with Gasteiger partial charge < -0.3 is 0 Å². The molecule has 0 aliphatic carbocycles. The molecule has 92 valence electrons. The Hall–Kier alpha value is -0.920. The predicted molar refractivity (Wildman–Crippen MR) is 67.3 cm³/mol. The van der Waals surface area contributed by atoms with Crippen LogP contribution in [0, 0.1) is 10.8 Å². The average molecular weight is 224 g/mol. The summed E-state index contributed by atoms with van der Waals surface area (Å²) >= 11 is 0. The quantitative estimate of drug-likeness (QED) is 0.408. The van der Waals surface area contributed by atoms with E-state index in [9.17, 15) is 9.59 Å². The first-order valence-electron chi connectivity index (χ1n) is 5.66. The first-order valence-corrected chi connectivity index (χ1v) is 5.66. The highest BCUT2D eigenvalue weighted by Crippen LogP contribution is 2.41. The van der Waals surface area contributed by atoms with Gasteiger partial charge in [0.15, 0.2) is 11.6 Å². The molecule has 0 bridgehead atoms. The van der Waals surface area contributed by atoms with Crippen molar-refractivity contribution in [1.29, 1.82) is 0 Å². The van der Waals surface area contributed by atoms with Gasteiger partial charge in [-0.15, -0.1) is 0 Å². The predicted octanol–water partition coefficient (Wildman–Crippen LogP) is 3.55. The van der Waals surface area contributed by atoms with Crippen LogP contribution >= 0.6 is 0 Å². The van der Waals surface area contributed by atoms with Crippen molar-refractivity contribution < 1.29 is 9.59 Å². The van der Waals surface area contributed by atoms with E-state index in [0.717, 1.165) is 5.57 Å². The summed E-state index contributed by atoms with van der Waals surface area (Å²) in [4.78, 5) is 23.3. The number of hydrogen-bond donors (Lipinski definition) is 0. The fourth-order valence-corrected chi connectivity index (χ4v) is 2.47. The van der Waals surface area contributed by atoms with Crippen LogP contribution in [0.2, 0.25) is 0 Å². The molecule has 16 heavy (non-hydrogen) atoms. The average Bonchev–Trinajstić information content (AvgIpc) is 1.93. The molecule has 0 fully saturated rings. The minimum absolute atomic E-state index is 0.132. The Balaban J connectivity index is 6.10. The summed E-state index contributed by atoms with van der Waals surface area (Å²) in [6.45, 7) is 15.2. The van der Waals surface area contributed by atoms with E-state index in [1.54, 1.807) is 0 Å². The van der Waals surface area contributed by atoms with Crippen LogP contribution in [0.25, 0.3) is 0 Å². The van der Waals surface area contributed by atoms with E-state index in [0.29, 0.717) is 5.57 Å². The van der Waals surface area contributed by atoms with E-state index in [4.69, 9.17) is 0 Å². The van der Waals surface area contributed by atoms with Crippen LogP contribution in [0.15, 0.2) is 11.1 Å². The lowest BCUT2D eigenvalue weighted by Gasteiger charge is -2.35. The maximum atomic E-state index is 11.6. The Morgan fingerprint density at radius 2 is 0.938 bits per heavy atom. The van der Waals surface area contributed by atoms with E-state index in [1.165, 1.54) is 13.8 Å². The van der Waals surface area contributed by atoms with Gasteiger partial charge in [0.25, 0.3) is 0 Å². The largest absolute Gasteiger partial charge is 0.294 e. The Bertz CT molecular complexity index is 301. The molecule has 0 aromatic carbocycles. The molecule has 0 aromatic rings. The Kier molecular flexibility index (Phi) is 4.26. The van der Waals surface area contributed by atoms with Crippen LogP contribution in [0.5, 0.6) is 0 Å². The van der Waals surface area contributed by atoms with Gasteiger partial charge in [-0.1, -0.05) is 41.5 Å². The first-order chi connectivity index (χ1) is 6.89. The van der Waals surface area contributed by atoms with Gasteiger partial charge in [0, 0.05) is 0 Å². The third-order valence-corrected chi connectivity index (χ3v) is 2.45. The van der Waals surface area contributed by atoms with Gasteiger partial charge in [-0.3, -0.25) is 9.59 Å². The van der Waals surface area contributed by atoms with Crippen molar-refractivity contribution in [2.75, 3.05) is 0 Å². The maximum absolute atomic E-state index is 11.6. The minimum Gasteiger partial charge on any atom is -0.294 e. The Morgan fingerprint density at radius 3 is 1.00 bits per heavy atom. The van der Waals surface area contributed by atoms with Crippen molar-refractivity contribution in [3.05, 3.63) is 11.1 Å². The van der Waals surface area contributed by atoms with E-state index in [1.807, 2.05) is 41.5 Å². The number of ketones is 2. The topological polar surface area (TPSA) is 34.1 Å². The number of rotatable bonds is 2. The highest BCUT2D eigenvalue weighted by molar-refractivity contribution is 6.19. The smallest absolute Gasteiger partial charge is 0.163 e. The molecule has 0 aromatic heterocycles. The van der Waals surface area contributed by atoms with Crippen LogP contribution in [0.1, 0.15) is 55.4 Å². The normalized spacial score (nSPS) is 12.2. The van der Waals surface area contributed by atoms with Crippen molar-refractivity contribution in [3.63, 3.8) is 0 Å². The molecule has 0 rings (SSSR count). The molecule has 0 atom stereocenters. The molecule has 0 radical (unpaired) electrons. The SMILES string of the molecule is CC(=O)C(C(C)=O)=C(C(C)(C)C)C(C)(C)C. The second kappa shape index (κ2) is 4.52. The minimum atomic E-state index is -0.176. The number of hydrogen-bond acceptors (Lipinski definition) is 2. The zero-order chi connectivity index (χ0) is 13.3. The van der Waals surface area contributed by atoms with Crippen LogP contribution in [0.4, 0.5) is 0 Å². The molecule has 2 heteroatoms. The summed E-state index contributed by atoms with van der Waals surface area (Å²) in [7, 11) is 0. The van der Waals surface area contributed by atoms with Crippen molar-refractivity contribution in [2.24, 2.45) is 10.8 Å². The van der Waals surface area contributed by atoms with Crippen molar-refractivity contribution >= 4 is 11.6 Å². The fourth-order valence-electron chi connectivity index (χ4n) is 2.47. The van der Waals surface area contributed by atoms with Crippen LogP contribution in [-0.4, -0.2) is 11.6 Å². The number of Topliss-reactive ketones (excluding diaryl/α,β-unsaturated/α-hetero) is 2. The molecule has 0 saturated heterocycles. The highest BCUT2D eigenvalue weighted by Gasteiger charge is 2.33. The van der Waals surface area contributed by atoms with E-state index >= 15 is 0 Å². The lowest BCUT2D eigenvalue weighted by atomic mass is 9.68. The van der Waals surface area contributed by atoms with Crippen LogP contribution in [0.3, 0.4) is 0 Å². The molecular formula is C14H24O2. The van der Waals surface area contributed by atoms with Crippen molar-refractivity contribution in [1.82, 2.24) is 0 Å². The van der Waals surface area contributed by atoms with Gasteiger partial charge in [-0.25, -0.2) is 0 Å². The number of allylic oxidation sites excluding steroid dienone is 2. The zero-order valence-corrected chi connectivity index (χ0v) is 11.8. The van der Waals surface area contributed by atoms with Gasteiger partial charge in [0.1, 0.15) is 0 Å². The van der Waals surface area contributed by atoms with E-state index < -0.39 is 0 Å². The van der Waals surface area contributed by atoms with Crippen LogP contribution < -0.4 is 0 Å². The molecule has 0 saturated carbocycles. The third-order valence-electron chi connectivity index (χ3n) is 2.45. The molecule has 0 amide bonds. The van der Waals surface area contributed by atoms with E-state index in [2.05, 4.69) is 0 Å². The zero-order valence-electron chi connectivity index (χ0n) is 11.8. The van der Waals surface area contributed by atoms with Crippen molar-refractivity contribution in [2.45, 2.75) is 55.4 Å². The Morgan fingerprint density at radius 1 is 0.688 bits per heavy atom. The summed E-state index contributed by atoms with van der Waals surface area (Å²) < 4.78 is 0. The van der Waals surface area contributed by atoms with Gasteiger partial charge in [-0.2, -0.15) is 0 Å². The summed E-state index contributed by atoms with van der Waals surface area (Å²) in [6, 6.07) is 0. The highest BCUT2D eigenvalue weighted by atomic mass is 16.1. The molecule has 0 heterocycles. The summed E-state index contributed by atoms with van der Waals surface area (Å²) in [5, 5.41) is 0. The van der Waals surface area contributed by atoms with Gasteiger partial charge in [0.2, 0.25) is 0 Å². The van der Waals surface area contributed by atoms with Gasteiger partial charge in [-0.05, 0) is 30.3 Å². The molecular weight excluding hydrogens is 200 g/mol. The van der Waals surface area contributed by atoms with E-state index in [-0.39, 0.29) is 22.4 Å². The fraction of sp³-hybridized carbons (Fsp3) is 0.714.